The number of fused-ring (bicyclic) bond motifs is 1. The van der Waals surface area contributed by atoms with Gasteiger partial charge in [0.2, 0.25) is 0 Å². The molecule has 1 amide bonds. The van der Waals surface area contributed by atoms with Crippen molar-refractivity contribution in [3.63, 3.8) is 0 Å². The standard InChI is InChI=1S/C22H23NO5/c1-3-13-27-18-8-6-16(7-9-18)22(25)28-15-21(24)23-12-4-5-17-14-19(26-2)10-11-20(17)23/h3,6-11,14H,1,4-5,12-13,15H2,2H3. The van der Waals surface area contributed by atoms with Gasteiger partial charge in [0.25, 0.3) is 5.91 Å². The Morgan fingerprint density at radius 2 is 1.89 bits per heavy atom. The molecule has 0 saturated carbocycles. The SMILES string of the molecule is C=CCOc1ccc(C(=O)OCC(=O)N2CCCc3cc(OC)ccc32)cc1. The number of amides is 1. The van der Waals surface area contributed by atoms with Gasteiger partial charge in [-0.05, 0) is 60.9 Å². The van der Waals surface area contributed by atoms with E-state index in [1.165, 1.54) is 0 Å². The summed E-state index contributed by atoms with van der Waals surface area (Å²) in [6.45, 7) is 4.27. The molecule has 146 valence electrons. The third kappa shape index (κ3) is 4.52. The third-order valence-corrected chi connectivity index (χ3v) is 4.49. The lowest BCUT2D eigenvalue weighted by Gasteiger charge is -2.29. The first-order valence-electron chi connectivity index (χ1n) is 9.10. The molecule has 0 bridgehead atoms. The average Bonchev–Trinajstić information content (AvgIpc) is 2.75. The second-order valence-corrected chi connectivity index (χ2v) is 6.34. The van der Waals surface area contributed by atoms with Gasteiger partial charge >= 0.3 is 5.97 Å². The zero-order valence-corrected chi connectivity index (χ0v) is 15.8. The summed E-state index contributed by atoms with van der Waals surface area (Å²) in [7, 11) is 1.62. The molecule has 6 nitrogen and oxygen atoms in total. The number of esters is 1. The summed E-state index contributed by atoms with van der Waals surface area (Å²) in [5.74, 6) is 0.605. The van der Waals surface area contributed by atoms with Crippen LogP contribution in [0.3, 0.4) is 0 Å². The van der Waals surface area contributed by atoms with Crippen molar-refractivity contribution in [1.29, 1.82) is 0 Å². The van der Waals surface area contributed by atoms with E-state index in [9.17, 15) is 9.59 Å². The molecule has 0 aliphatic carbocycles. The molecule has 2 aromatic carbocycles. The van der Waals surface area contributed by atoms with E-state index in [1.54, 1.807) is 42.4 Å². The van der Waals surface area contributed by atoms with E-state index in [2.05, 4.69) is 6.58 Å². The molecule has 3 rings (SSSR count). The van der Waals surface area contributed by atoms with Gasteiger partial charge < -0.3 is 19.1 Å². The number of benzene rings is 2. The Kier molecular flexibility index (Phi) is 6.32. The Hall–Kier alpha value is -3.28. The topological polar surface area (TPSA) is 65.1 Å². The van der Waals surface area contributed by atoms with Gasteiger partial charge in [-0.2, -0.15) is 0 Å². The number of carbonyl (C=O) groups excluding carboxylic acids is 2. The van der Waals surface area contributed by atoms with Gasteiger partial charge in [0.15, 0.2) is 6.61 Å². The number of hydrogen-bond donors (Lipinski definition) is 0. The molecule has 1 aliphatic heterocycles. The summed E-state index contributed by atoms with van der Waals surface area (Å²) >= 11 is 0. The number of aryl methyl sites for hydroxylation is 1. The molecule has 0 radical (unpaired) electrons. The van der Waals surface area contributed by atoms with E-state index in [0.717, 1.165) is 29.8 Å². The Morgan fingerprint density at radius 1 is 1.14 bits per heavy atom. The van der Waals surface area contributed by atoms with Crippen LogP contribution in [0.15, 0.2) is 55.1 Å². The summed E-state index contributed by atoms with van der Waals surface area (Å²) in [6, 6.07) is 12.2. The Morgan fingerprint density at radius 3 is 2.61 bits per heavy atom. The molecule has 0 unspecified atom stereocenters. The minimum absolute atomic E-state index is 0.245. The fourth-order valence-electron chi connectivity index (χ4n) is 3.09. The van der Waals surface area contributed by atoms with E-state index in [1.807, 2.05) is 18.2 Å². The highest BCUT2D eigenvalue weighted by Crippen LogP contribution is 2.30. The van der Waals surface area contributed by atoms with Crippen LogP contribution in [0.25, 0.3) is 0 Å². The van der Waals surface area contributed by atoms with Crippen molar-refractivity contribution in [3.05, 3.63) is 66.2 Å². The first kappa shape index (κ1) is 19.5. The highest BCUT2D eigenvalue weighted by atomic mass is 16.5. The van der Waals surface area contributed by atoms with E-state index in [-0.39, 0.29) is 12.5 Å². The monoisotopic (exact) mass is 381 g/mol. The first-order valence-corrected chi connectivity index (χ1v) is 9.10. The molecule has 2 aromatic rings. The first-order chi connectivity index (χ1) is 13.6. The van der Waals surface area contributed by atoms with Crippen LogP contribution < -0.4 is 14.4 Å². The largest absolute Gasteiger partial charge is 0.497 e. The maximum Gasteiger partial charge on any atom is 0.338 e. The van der Waals surface area contributed by atoms with Gasteiger partial charge in [0.1, 0.15) is 18.1 Å². The van der Waals surface area contributed by atoms with Crippen LogP contribution in [-0.4, -0.2) is 38.7 Å². The summed E-state index contributed by atoms with van der Waals surface area (Å²) in [6.07, 6.45) is 3.38. The van der Waals surface area contributed by atoms with E-state index in [4.69, 9.17) is 14.2 Å². The van der Waals surface area contributed by atoms with Gasteiger partial charge in [0, 0.05) is 12.2 Å². The summed E-state index contributed by atoms with van der Waals surface area (Å²) < 4.78 is 15.8. The molecular formula is C22H23NO5. The van der Waals surface area contributed by atoms with E-state index < -0.39 is 5.97 Å². The van der Waals surface area contributed by atoms with Crippen LogP contribution in [0.1, 0.15) is 22.3 Å². The lowest BCUT2D eigenvalue weighted by molar-refractivity contribution is -0.121. The Balaban J connectivity index is 1.60. The smallest absolute Gasteiger partial charge is 0.338 e. The van der Waals surface area contributed by atoms with Gasteiger partial charge in [-0.25, -0.2) is 4.79 Å². The predicted octanol–water partition coefficient (Wildman–Crippen LogP) is 3.40. The quantitative estimate of drug-likeness (QED) is 0.543. The summed E-state index contributed by atoms with van der Waals surface area (Å²) in [5, 5.41) is 0. The molecule has 0 fully saturated rings. The second-order valence-electron chi connectivity index (χ2n) is 6.34. The van der Waals surface area contributed by atoms with Crippen molar-refractivity contribution in [2.24, 2.45) is 0 Å². The second kappa shape index (κ2) is 9.08. The maximum absolute atomic E-state index is 12.6. The normalized spacial score (nSPS) is 12.7. The van der Waals surface area contributed by atoms with Crippen molar-refractivity contribution < 1.29 is 23.8 Å². The van der Waals surface area contributed by atoms with Gasteiger partial charge in [0.05, 0.1) is 12.7 Å². The van der Waals surface area contributed by atoms with Crippen LogP contribution in [-0.2, 0) is 16.0 Å². The van der Waals surface area contributed by atoms with Crippen molar-refractivity contribution in [1.82, 2.24) is 0 Å². The van der Waals surface area contributed by atoms with Crippen LogP contribution >= 0.6 is 0 Å². The average molecular weight is 381 g/mol. The summed E-state index contributed by atoms with van der Waals surface area (Å²) in [5.41, 5.74) is 2.26. The van der Waals surface area contributed by atoms with Gasteiger partial charge in [-0.1, -0.05) is 12.7 Å². The number of carbonyl (C=O) groups is 2. The molecule has 0 saturated heterocycles. The molecule has 0 N–H and O–H groups in total. The molecule has 6 heteroatoms. The predicted molar refractivity (Wildman–Crippen MR) is 106 cm³/mol. The molecule has 0 aromatic heterocycles. The van der Waals surface area contributed by atoms with E-state index in [0.29, 0.717) is 24.5 Å². The Labute approximate surface area is 164 Å². The lowest BCUT2D eigenvalue weighted by Crippen LogP contribution is -2.38. The van der Waals surface area contributed by atoms with Crippen molar-refractivity contribution in [3.8, 4) is 11.5 Å². The van der Waals surface area contributed by atoms with Crippen LogP contribution in [0.4, 0.5) is 5.69 Å². The van der Waals surface area contributed by atoms with Crippen LogP contribution in [0.2, 0.25) is 0 Å². The zero-order valence-electron chi connectivity index (χ0n) is 15.8. The lowest BCUT2D eigenvalue weighted by atomic mass is 10.0. The molecule has 28 heavy (non-hydrogen) atoms. The zero-order chi connectivity index (χ0) is 19.9. The number of methoxy groups -OCH3 is 1. The molecular weight excluding hydrogens is 358 g/mol. The summed E-state index contributed by atoms with van der Waals surface area (Å²) in [4.78, 5) is 26.5. The Bertz CT molecular complexity index is 860. The van der Waals surface area contributed by atoms with Crippen LogP contribution in [0.5, 0.6) is 11.5 Å². The number of ether oxygens (including phenoxy) is 3. The minimum Gasteiger partial charge on any atom is -0.497 e. The number of nitrogens with zero attached hydrogens (tertiary/aromatic N) is 1. The van der Waals surface area contributed by atoms with Gasteiger partial charge in [-0.3, -0.25) is 4.79 Å². The fraction of sp³-hybridized carbons (Fsp3) is 0.273. The molecule has 0 atom stereocenters. The van der Waals surface area contributed by atoms with E-state index >= 15 is 0 Å². The fourth-order valence-corrected chi connectivity index (χ4v) is 3.09. The third-order valence-electron chi connectivity index (χ3n) is 4.49. The maximum atomic E-state index is 12.6. The number of anilines is 1. The van der Waals surface area contributed by atoms with Crippen molar-refractivity contribution in [2.45, 2.75) is 12.8 Å². The highest BCUT2D eigenvalue weighted by Gasteiger charge is 2.24. The number of hydrogen-bond acceptors (Lipinski definition) is 5. The molecule has 1 aliphatic rings. The molecule has 1 heterocycles. The van der Waals surface area contributed by atoms with Crippen LogP contribution in [0, 0.1) is 0 Å². The van der Waals surface area contributed by atoms with Crippen molar-refractivity contribution in [2.75, 3.05) is 31.8 Å². The molecule has 0 spiro atoms. The number of rotatable bonds is 7. The minimum atomic E-state index is -0.546. The van der Waals surface area contributed by atoms with Gasteiger partial charge in [-0.15, -0.1) is 0 Å². The van der Waals surface area contributed by atoms with Crippen molar-refractivity contribution >= 4 is 17.6 Å². The highest BCUT2D eigenvalue weighted by molar-refractivity contribution is 5.98.